The topological polar surface area (TPSA) is 0 Å². The van der Waals surface area contributed by atoms with Crippen LogP contribution in [0.3, 0.4) is 0 Å². The van der Waals surface area contributed by atoms with Gasteiger partial charge in [0.05, 0.1) is 0 Å². The van der Waals surface area contributed by atoms with Gasteiger partial charge in [-0.2, -0.15) is 0 Å². The van der Waals surface area contributed by atoms with E-state index in [4.69, 9.17) is 11.6 Å². The van der Waals surface area contributed by atoms with E-state index in [0.29, 0.717) is 0 Å². The molecule has 0 radical (unpaired) electrons. The highest BCUT2D eigenvalue weighted by Gasteiger charge is 2.38. The van der Waals surface area contributed by atoms with Gasteiger partial charge in [0.15, 0.2) is 0 Å². The highest BCUT2D eigenvalue weighted by Crippen LogP contribution is 2.54. The Hall–Kier alpha value is -2.31. The third-order valence-electron chi connectivity index (χ3n) is 5.48. The summed E-state index contributed by atoms with van der Waals surface area (Å²) >= 11 is 6.33. The van der Waals surface area contributed by atoms with Crippen LogP contribution in [0.1, 0.15) is 25.0 Å². The van der Waals surface area contributed by atoms with Crippen LogP contribution in [0.4, 0.5) is 0 Å². The van der Waals surface area contributed by atoms with Crippen molar-refractivity contribution in [2.45, 2.75) is 19.3 Å². The minimum atomic E-state index is -0.0563. The zero-order chi connectivity index (χ0) is 16.5. The van der Waals surface area contributed by atoms with Crippen molar-refractivity contribution in [1.82, 2.24) is 0 Å². The predicted molar refractivity (Wildman–Crippen MR) is 104 cm³/mol. The van der Waals surface area contributed by atoms with Gasteiger partial charge < -0.3 is 0 Å². The molecule has 0 unspecified atom stereocenters. The summed E-state index contributed by atoms with van der Waals surface area (Å²) in [6, 6.07) is 23.9. The molecule has 0 saturated heterocycles. The maximum Gasteiger partial charge on any atom is 0.0409 e. The van der Waals surface area contributed by atoms with E-state index in [9.17, 15) is 0 Å². The molecule has 0 N–H and O–H groups in total. The molecule has 0 atom stereocenters. The second-order valence-electron chi connectivity index (χ2n) is 7.16. The van der Waals surface area contributed by atoms with Crippen LogP contribution in [0, 0.1) is 0 Å². The molecule has 1 aliphatic rings. The average molecular weight is 329 g/mol. The number of benzene rings is 4. The van der Waals surface area contributed by atoms with Gasteiger partial charge in [0.2, 0.25) is 0 Å². The molecule has 5 rings (SSSR count). The first-order valence-electron chi connectivity index (χ1n) is 8.33. The van der Waals surface area contributed by atoms with Crippen LogP contribution in [0.15, 0.2) is 66.7 Å². The second kappa shape index (κ2) is 4.62. The Morgan fingerprint density at radius 2 is 1.29 bits per heavy atom. The van der Waals surface area contributed by atoms with Gasteiger partial charge in [-0.25, -0.2) is 0 Å². The molecule has 0 fully saturated rings. The third kappa shape index (κ3) is 1.64. The van der Waals surface area contributed by atoms with E-state index in [1.165, 1.54) is 43.8 Å². The lowest BCUT2D eigenvalue weighted by molar-refractivity contribution is 0.666. The molecule has 4 aromatic carbocycles. The maximum absolute atomic E-state index is 6.33. The molecule has 116 valence electrons. The summed E-state index contributed by atoms with van der Waals surface area (Å²) < 4.78 is 0. The maximum atomic E-state index is 6.33. The summed E-state index contributed by atoms with van der Waals surface area (Å²) in [6.45, 7) is 4.63. The lowest BCUT2D eigenvalue weighted by atomic mass is 9.79. The first-order chi connectivity index (χ1) is 11.6. The van der Waals surface area contributed by atoms with E-state index >= 15 is 0 Å². The third-order valence-corrected chi connectivity index (χ3v) is 5.72. The molecule has 4 aromatic rings. The first kappa shape index (κ1) is 14.1. The molecule has 0 spiro atoms. The van der Waals surface area contributed by atoms with Gasteiger partial charge in [-0.05, 0) is 55.9 Å². The van der Waals surface area contributed by atoms with E-state index in [0.717, 1.165) is 5.02 Å². The van der Waals surface area contributed by atoms with Crippen LogP contribution in [-0.2, 0) is 5.41 Å². The standard InChI is InChI=1S/C23H17Cl/c1-23(2)20-13-14(24)11-12-19(20)21-17-9-5-3-7-15(17)16-8-4-6-10-18(16)22(21)23/h3-13H,1-2H3. The minimum Gasteiger partial charge on any atom is -0.0843 e. The van der Waals surface area contributed by atoms with Crippen molar-refractivity contribution in [3.8, 4) is 11.1 Å². The number of hydrogen-bond acceptors (Lipinski definition) is 0. The number of rotatable bonds is 0. The summed E-state index contributed by atoms with van der Waals surface area (Å²) in [4.78, 5) is 0. The van der Waals surface area contributed by atoms with Crippen LogP contribution in [-0.4, -0.2) is 0 Å². The van der Waals surface area contributed by atoms with Crippen LogP contribution in [0.5, 0.6) is 0 Å². The summed E-state index contributed by atoms with van der Waals surface area (Å²) in [6.07, 6.45) is 0. The Morgan fingerprint density at radius 1 is 0.708 bits per heavy atom. The molecule has 0 aromatic heterocycles. The number of fused-ring (bicyclic) bond motifs is 8. The van der Waals surface area contributed by atoms with E-state index in [2.05, 4.69) is 74.5 Å². The smallest absolute Gasteiger partial charge is 0.0409 e. The molecule has 24 heavy (non-hydrogen) atoms. The normalized spacial score (nSPS) is 14.8. The molecule has 0 amide bonds. The minimum absolute atomic E-state index is 0.0563. The summed E-state index contributed by atoms with van der Waals surface area (Å²) in [5.74, 6) is 0. The van der Waals surface area contributed by atoms with Gasteiger partial charge >= 0.3 is 0 Å². The van der Waals surface area contributed by atoms with E-state index in [1.54, 1.807) is 0 Å². The van der Waals surface area contributed by atoms with Gasteiger partial charge in [0.25, 0.3) is 0 Å². The predicted octanol–water partition coefficient (Wildman–Crippen LogP) is 6.95. The molecule has 1 aliphatic carbocycles. The number of halogens is 1. The highest BCUT2D eigenvalue weighted by molar-refractivity contribution is 6.31. The fourth-order valence-electron chi connectivity index (χ4n) is 4.46. The lowest BCUT2D eigenvalue weighted by Crippen LogP contribution is -2.15. The van der Waals surface area contributed by atoms with Gasteiger partial charge in [0.1, 0.15) is 0 Å². The average Bonchev–Trinajstić information content (AvgIpc) is 2.83. The molecular weight excluding hydrogens is 312 g/mol. The summed E-state index contributed by atoms with van der Waals surface area (Å²) in [7, 11) is 0. The van der Waals surface area contributed by atoms with Crippen molar-refractivity contribution in [1.29, 1.82) is 0 Å². The van der Waals surface area contributed by atoms with Gasteiger partial charge in [-0.1, -0.05) is 80.0 Å². The Balaban J connectivity index is 2.10. The van der Waals surface area contributed by atoms with Crippen molar-refractivity contribution >= 4 is 33.1 Å². The van der Waals surface area contributed by atoms with Gasteiger partial charge in [0, 0.05) is 10.4 Å². The van der Waals surface area contributed by atoms with Crippen LogP contribution in [0.2, 0.25) is 5.02 Å². The SMILES string of the molecule is CC1(C)c2cc(Cl)ccc2-c2c1c1ccccc1c1ccccc21. The second-order valence-corrected chi connectivity index (χ2v) is 7.59. The molecule has 0 bridgehead atoms. The van der Waals surface area contributed by atoms with Crippen molar-refractivity contribution in [3.63, 3.8) is 0 Å². The van der Waals surface area contributed by atoms with Crippen LogP contribution < -0.4 is 0 Å². The fraction of sp³-hybridized carbons (Fsp3) is 0.130. The molecule has 1 heteroatoms. The quantitative estimate of drug-likeness (QED) is 0.306. The Morgan fingerprint density at radius 3 is 2.00 bits per heavy atom. The molecule has 0 saturated carbocycles. The van der Waals surface area contributed by atoms with E-state index in [-0.39, 0.29) is 5.41 Å². The highest BCUT2D eigenvalue weighted by atomic mass is 35.5. The first-order valence-corrected chi connectivity index (χ1v) is 8.71. The zero-order valence-electron chi connectivity index (χ0n) is 13.7. The zero-order valence-corrected chi connectivity index (χ0v) is 14.5. The van der Waals surface area contributed by atoms with Crippen molar-refractivity contribution in [2.24, 2.45) is 0 Å². The molecular formula is C23H17Cl. The fourth-order valence-corrected chi connectivity index (χ4v) is 4.63. The Kier molecular flexibility index (Phi) is 2.71. The molecule has 0 nitrogen and oxygen atoms in total. The Bertz CT molecular complexity index is 1140. The monoisotopic (exact) mass is 328 g/mol. The van der Waals surface area contributed by atoms with Crippen LogP contribution >= 0.6 is 11.6 Å². The Labute approximate surface area is 146 Å². The van der Waals surface area contributed by atoms with Crippen molar-refractivity contribution in [3.05, 3.63) is 82.9 Å². The molecule has 0 aliphatic heterocycles. The summed E-state index contributed by atoms with van der Waals surface area (Å²) in [5, 5.41) is 6.15. The van der Waals surface area contributed by atoms with E-state index < -0.39 is 0 Å². The van der Waals surface area contributed by atoms with Gasteiger partial charge in [-0.3, -0.25) is 0 Å². The summed E-state index contributed by atoms with van der Waals surface area (Å²) in [5.41, 5.74) is 5.39. The van der Waals surface area contributed by atoms with Crippen LogP contribution in [0.25, 0.3) is 32.7 Å². The van der Waals surface area contributed by atoms with E-state index in [1.807, 2.05) is 6.07 Å². The number of hydrogen-bond donors (Lipinski definition) is 0. The van der Waals surface area contributed by atoms with Gasteiger partial charge in [-0.15, -0.1) is 0 Å². The largest absolute Gasteiger partial charge is 0.0843 e. The van der Waals surface area contributed by atoms with Crippen molar-refractivity contribution < 1.29 is 0 Å². The van der Waals surface area contributed by atoms with Crippen molar-refractivity contribution in [2.75, 3.05) is 0 Å². The lowest BCUT2D eigenvalue weighted by Gasteiger charge is -2.24. The molecule has 0 heterocycles.